The van der Waals surface area contributed by atoms with Gasteiger partial charge in [-0.15, -0.1) is 0 Å². The van der Waals surface area contributed by atoms with Crippen molar-refractivity contribution in [1.29, 1.82) is 0 Å². The van der Waals surface area contributed by atoms with Crippen molar-refractivity contribution in [3.63, 3.8) is 0 Å². The van der Waals surface area contributed by atoms with E-state index in [1.54, 1.807) is 66.7 Å². The average Bonchev–Trinajstić information content (AvgIpc) is 3.02. The first-order chi connectivity index (χ1) is 22.0. The Kier molecular flexibility index (Phi) is 13.1. The lowest BCUT2D eigenvalue weighted by Gasteiger charge is -2.26. The number of amides is 2. The molecule has 6 nitrogen and oxygen atoms in total. The van der Waals surface area contributed by atoms with Crippen molar-refractivity contribution in [3.8, 4) is 0 Å². The van der Waals surface area contributed by atoms with Crippen molar-refractivity contribution in [1.82, 2.24) is 10.6 Å². The molecule has 0 fully saturated rings. The van der Waals surface area contributed by atoms with Crippen molar-refractivity contribution in [3.05, 3.63) is 106 Å². The fraction of sp³-hybridized carbons (Fsp3) is 0.353. The fourth-order valence-corrected chi connectivity index (χ4v) is 5.31. The van der Waals surface area contributed by atoms with Gasteiger partial charge in [-0.2, -0.15) is 22.0 Å². The third-order valence-corrected chi connectivity index (χ3v) is 8.29. The van der Waals surface area contributed by atoms with Crippen molar-refractivity contribution < 1.29 is 41.1 Å². The lowest BCUT2D eigenvalue weighted by molar-refractivity contribution is -0.167. The summed E-state index contributed by atoms with van der Waals surface area (Å²) in [6.45, 7) is 0.676. The molecule has 13 heteroatoms. The minimum atomic E-state index is -4.98. The molecule has 2 amide bonds. The number of carbonyl (C=O) groups excluding carboxylic acids is 4. The molecule has 0 bridgehead atoms. The second kappa shape index (κ2) is 16.3. The second-order valence-corrected chi connectivity index (χ2v) is 12.2. The molecule has 0 spiro atoms. The monoisotopic (exact) mass is 698 g/mol. The molecule has 3 aromatic carbocycles. The quantitative estimate of drug-likeness (QED) is 0.128. The van der Waals surface area contributed by atoms with E-state index in [0.717, 1.165) is 10.9 Å². The smallest absolute Gasteiger partial charge is 0.346 e. The molecule has 2 N–H and O–H groups in total. The van der Waals surface area contributed by atoms with E-state index in [9.17, 15) is 41.1 Å². The van der Waals surface area contributed by atoms with E-state index in [-0.39, 0.29) is 17.9 Å². The topological polar surface area (TPSA) is 92.3 Å². The van der Waals surface area contributed by atoms with Crippen molar-refractivity contribution in [2.45, 2.75) is 57.2 Å². The van der Waals surface area contributed by atoms with Crippen molar-refractivity contribution in [2.24, 2.45) is 11.8 Å². The molecule has 47 heavy (non-hydrogen) atoms. The number of carbonyl (C=O) groups is 4. The number of Topliss-reactive ketones (excluding diaryl/α,β-unsaturated/α-hetero) is 2. The van der Waals surface area contributed by atoms with E-state index >= 15 is 0 Å². The van der Waals surface area contributed by atoms with E-state index in [2.05, 4.69) is 5.32 Å². The van der Waals surface area contributed by atoms with Crippen LogP contribution in [0.5, 0.6) is 0 Å². The van der Waals surface area contributed by atoms with Gasteiger partial charge in [0.25, 0.3) is 5.91 Å². The predicted molar refractivity (Wildman–Crippen MR) is 168 cm³/mol. The SMILES string of the molecule is CC(C)[C@H](CC(=O)[C@H](Cc1ccccc1)NC(=O)CC(c1ccccc1)c1ccc(Cl)c(Cl)c1)C(=O)C(F)(F)C(=O)NCC(F)(F)F. The molecule has 1 unspecified atom stereocenters. The van der Waals surface area contributed by atoms with Gasteiger partial charge in [0, 0.05) is 24.7 Å². The van der Waals surface area contributed by atoms with Gasteiger partial charge in [-0.05, 0) is 41.2 Å². The van der Waals surface area contributed by atoms with Crippen LogP contribution in [0.3, 0.4) is 0 Å². The van der Waals surface area contributed by atoms with Gasteiger partial charge in [-0.1, -0.05) is 104 Å². The first-order valence-electron chi connectivity index (χ1n) is 14.6. The lowest BCUT2D eigenvalue weighted by atomic mass is 9.82. The molecular weight excluding hydrogens is 666 g/mol. The summed E-state index contributed by atoms with van der Waals surface area (Å²) in [5.41, 5.74) is 2.06. The van der Waals surface area contributed by atoms with Gasteiger partial charge < -0.3 is 10.6 Å². The molecule has 0 radical (unpaired) electrons. The summed E-state index contributed by atoms with van der Waals surface area (Å²) in [5.74, 6) is -13.7. The number of ketones is 2. The summed E-state index contributed by atoms with van der Waals surface area (Å²) >= 11 is 12.3. The van der Waals surface area contributed by atoms with Crippen LogP contribution in [0.1, 0.15) is 49.3 Å². The number of hydrogen-bond acceptors (Lipinski definition) is 4. The van der Waals surface area contributed by atoms with Gasteiger partial charge >= 0.3 is 12.1 Å². The number of hydrogen-bond donors (Lipinski definition) is 2. The Labute approximate surface area is 279 Å². The van der Waals surface area contributed by atoms with Gasteiger partial charge in [0.1, 0.15) is 6.54 Å². The van der Waals surface area contributed by atoms with Crippen LogP contribution >= 0.6 is 23.2 Å². The Balaban J connectivity index is 1.87. The summed E-state index contributed by atoms with van der Waals surface area (Å²) in [5, 5.41) is 4.32. The summed E-state index contributed by atoms with van der Waals surface area (Å²) in [7, 11) is 0. The summed E-state index contributed by atoms with van der Waals surface area (Å²) in [4.78, 5) is 52.0. The third-order valence-electron chi connectivity index (χ3n) is 7.55. The molecular formula is C34H33Cl2F5N2O4. The minimum absolute atomic E-state index is 0.0460. The molecule has 0 aliphatic rings. The molecule has 3 rings (SSSR count). The lowest BCUT2D eigenvalue weighted by Crippen LogP contribution is -2.52. The van der Waals surface area contributed by atoms with E-state index in [0.29, 0.717) is 16.1 Å². The van der Waals surface area contributed by atoms with Gasteiger partial charge in [-0.25, -0.2) is 0 Å². The largest absolute Gasteiger partial charge is 0.405 e. The number of alkyl halides is 5. The van der Waals surface area contributed by atoms with E-state index in [1.165, 1.54) is 13.8 Å². The van der Waals surface area contributed by atoms with Crippen LogP contribution in [0.2, 0.25) is 10.0 Å². The molecule has 252 valence electrons. The number of halogens is 7. The molecule has 3 atom stereocenters. The van der Waals surface area contributed by atoms with Gasteiger partial charge in [-0.3, -0.25) is 19.2 Å². The molecule has 0 aromatic heterocycles. The molecule has 0 aliphatic carbocycles. The molecule has 0 heterocycles. The van der Waals surface area contributed by atoms with Gasteiger partial charge in [0.2, 0.25) is 11.7 Å². The van der Waals surface area contributed by atoms with Crippen LogP contribution in [0.15, 0.2) is 78.9 Å². The van der Waals surface area contributed by atoms with Crippen LogP contribution < -0.4 is 10.6 Å². The van der Waals surface area contributed by atoms with Crippen LogP contribution in [0, 0.1) is 11.8 Å². The second-order valence-electron chi connectivity index (χ2n) is 11.4. The number of rotatable bonds is 15. The fourth-order valence-electron chi connectivity index (χ4n) is 5.00. The van der Waals surface area contributed by atoms with Gasteiger partial charge in [0.05, 0.1) is 16.1 Å². The summed E-state index contributed by atoms with van der Waals surface area (Å²) in [6.07, 6.45) is -5.98. The average molecular weight is 700 g/mol. The van der Waals surface area contributed by atoms with Crippen LogP contribution in [0.25, 0.3) is 0 Å². The number of nitrogens with one attached hydrogen (secondary N) is 2. The zero-order valence-electron chi connectivity index (χ0n) is 25.4. The standard InChI is InChI=1S/C34H33Cl2F5N2O4/c1-20(2)24(31(46)34(40,41)32(47)42-19-33(37,38)39)17-29(44)28(15-21-9-5-3-6-10-21)43-30(45)18-25(22-11-7-4-8-12-22)23-13-14-26(35)27(36)16-23/h3-14,16,20,24-25,28H,15,17-19H2,1-2H3,(H,42,47)(H,43,45)/t24-,25?,28-/m0/s1. The normalized spacial score (nSPS) is 13.8. The highest BCUT2D eigenvalue weighted by molar-refractivity contribution is 6.42. The Bertz CT molecular complexity index is 1550. The third kappa shape index (κ3) is 10.9. The molecule has 0 saturated carbocycles. The molecule has 0 saturated heterocycles. The van der Waals surface area contributed by atoms with E-state index in [1.807, 2.05) is 12.1 Å². The van der Waals surface area contributed by atoms with Crippen molar-refractivity contribution in [2.75, 3.05) is 6.54 Å². The maximum atomic E-state index is 14.8. The molecule has 3 aromatic rings. The Morgan fingerprint density at radius 1 is 0.766 bits per heavy atom. The Morgan fingerprint density at radius 2 is 1.36 bits per heavy atom. The number of benzene rings is 3. The highest BCUT2D eigenvalue weighted by Gasteiger charge is 2.51. The van der Waals surface area contributed by atoms with Crippen LogP contribution in [-0.2, 0) is 25.6 Å². The van der Waals surface area contributed by atoms with E-state index in [4.69, 9.17) is 23.2 Å². The Morgan fingerprint density at radius 3 is 1.91 bits per heavy atom. The molecule has 0 aliphatic heterocycles. The Hall–Kier alpha value is -3.83. The maximum Gasteiger partial charge on any atom is 0.405 e. The first kappa shape index (κ1) is 37.6. The minimum Gasteiger partial charge on any atom is -0.346 e. The maximum absolute atomic E-state index is 14.8. The van der Waals surface area contributed by atoms with Gasteiger partial charge in [0.15, 0.2) is 5.78 Å². The predicted octanol–water partition coefficient (Wildman–Crippen LogP) is 7.36. The first-order valence-corrected chi connectivity index (χ1v) is 15.4. The van der Waals surface area contributed by atoms with E-state index < -0.39 is 72.2 Å². The van der Waals surface area contributed by atoms with Crippen molar-refractivity contribution >= 4 is 46.6 Å². The van der Waals surface area contributed by atoms with Crippen LogP contribution in [0.4, 0.5) is 22.0 Å². The highest BCUT2D eigenvalue weighted by atomic mass is 35.5. The zero-order chi connectivity index (χ0) is 34.9. The summed E-state index contributed by atoms with van der Waals surface area (Å²) in [6, 6.07) is 21.2. The van der Waals surface area contributed by atoms with Crippen LogP contribution in [-0.4, -0.2) is 48.1 Å². The summed E-state index contributed by atoms with van der Waals surface area (Å²) < 4.78 is 67.1. The zero-order valence-corrected chi connectivity index (χ0v) is 26.9. The highest BCUT2D eigenvalue weighted by Crippen LogP contribution is 2.33.